The second kappa shape index (κ2) is 8.37. The molecule has 1 atom stereocenters. The van der Waals surface area contributed by atoms with Gasteiger partial charge in [-0.1, -0.05) is 26.0 Å². The normalized spacial score (nSPS) is 21.0. The van der Waals surface area contributed by atoms with Crippen LogP contribution in [0.3, 0.4) is 0 Å². The zero-order chi connectivity index (χ0) is 22.1. The Bertz CT molecular complexity index is 926. The molecule has 2 saturated heterocycles. The second-order valence-electron chi connectivity index (χ2n) is 8.76. The van der Waals surface area contributed by atoms with Crippen LogP contribution >= 0.6 is 0 Å². The fraction of sp³-hybridized carbons (Fsp3) is 0.571. The van der Waals surface area contributed by atoms with Gasteiger partial charge in [0.2, 0.25) is 0 Å². The van der Waals surface area contributed by atoms with E-state index in [0.717, 1.165) is 11.3 Å². The number of hydrogen-bond acceptors (Lipinski definition) is 5. The number of imide groups is 1. The van der Waals surface area contributed by atoms with Crippen LogP contribution in [0.5, 0.6) is 0 Å². The Morgan fingerprint density at radius 1 is 1.13 bits per heavy atom. The minimum absolute atomic E-state index is 0.0681. The molecule has 8 nitrogen and oxygen atoms in total. The number of nitrogens with one attached hydrogen (secondary N) is 2. The van der Waals surface area contributed by atoms with Gasteiger partial charge in [-0.15, -0.1) is 0 Å². The Labute approximate surface area is 177 Å². The lowest BCUT2D eigenvalue weighted by atomic mass is 9.92. The molecule has 164 valence electrons. The molecule has 3 rings (SSSR count). The van der Waals surface area contributed by atoms with Crippen LogP contribution in [0.15, 0.2) is 24.3 Å². The average Bonchev–Trinajstić information content (AvgIpc) is 2.89. The van der Waals surface area contributed by atoms with Crippen LogP contribution in [0.1, 0.15) is 56.0 Å². The number of hydrogen-bond donors (Lipinski definition) is 2. The average molecular weight is 436 g/mol. The van der Waals surface area contributed by atoms with E-state index in [1.165, 1.54) is 0 Å². The number of carbonyl (C=O) groups excluding carboxylic acids is 3. The number of nitrogens with zero attached hydrogens (tertiary/aromatic N) is 1. The largest absolute Gasteiger partial charge is 0.350 e. The Morgan fingerprint density at radius 2 is 1.73 bits per heavy atom. The van der Waals surface area contributed by atoms with E-state index in [9.17, 15) is 22.8 Å². The maximum absolute atomic E-state index is 12.9. The molecule has 0 aromatic heterocycles. The zero-order valence-electron chi connectivity index (χ0n) is 17.6. The fourth-order valence-electron chi connectivity index (χ4n) is 4.06. The highest BCUT2D eigenvalue weighted by atomic mass is 32.2. The summed E-state index contributed by atoms with van der Waals surface area (Å²) in [5.41, 5.74) is 0.112. The lowest BCUT2D eigenvalue weighted by Gasteiger charge is -2.30. The summed E-state index contributed by atoms with van der Waals surface area (Å²) in [6.07, 6.45) is 1.09. The lowest BCUT2D eigenvalue weighted by molar-refractivity contribution is -0.132. The summed E-state index contributed by atoms with van der Waals surface area (Å²) in [4.78, 5) is 38.8. The van der Waals surface area contributed by atoms with Crippen molar-refractivity contribution in [2.24, 2.45) is 5.92 Å². The van der Waals surface area contributed by atoms with Crippen LogP contribution in [0.4, 0.5) is 4.79 Å². The number of sulfone groups is 1. The van der Waals surface area contributed by atoms with Crippen molar-refractivity contribution in [3.8, 4) is 0 Å². The molecule has 2 aliphatic rings. The summed E-state index contributed by atoms with van der Waals surface area (Å²) in [6.45, 7) is 6.24. The molecular formula is C21H29N3O5S. The van der Waals surface area contributed by atoms with E-state index in [4.69, 9.17) is 0 Å². The molecule has 1 aromatic carbocycles. The highest BCUT2D eigenvalue weighted by molar-refractivity contribution is 7.91. The topological polar surface area (TPSA) is 113 Å². The van der Waals surface area contributed by atoms with Gasteiger partial charge in [0.25, 0.3) is 11.8 Å². The van der Waals surface area contributed by atoms with Gasteiger partial charge in [-0.2, -0.15) is 0 Å². The summed E-state index contributed by atoms with van der Waals surface area (Å²) in [6, 6.07) is 6.35. The van der Waals surface area contributed by atoms with Gasteiger partial charge in [-0.05, 0) is 49.8 Å². The Balaban J connectivity index is 1.63. The number of rotatable bonds is 6. The predicted octanol–water partition coefficient (Wildman–Crippen LogP) is 1.85. The minimum Gasteiger partial charge on any atom is -0.350 e. The molecule has 1 unspecified atom stereocenters. The quantitative estimate of drug-likeness (QED) is 0.662. The minimum atomic E-state index is -3.15. The Hall–Kier alpha value is -2.42. The maximum Gasteiger partial charge on any atom is 0.325 e. The highest BCUT2D eigenvalue weighted by Gasteiger charge is 2.53. The van der Waals surface area contributed by atoms with Gasteiger partial charge in [-0.25, -0.2) is 13.2 Å². The van der Waals surface area contributed by atoms with E-state index in [2.05, 4.69) is 24.5 Å². The monoisotopic (exact) mass is 435 g/mol. The smallest absolute Gasteiger partial charge is 0.325 e. The molecule has 2 aliphatic heterocycles. The summed E-state index contributed by atoms with van der Waals surface area (Å²) in [5, 5.41) is 5.67. The summed E-state index contributed by atoms with van der Waals surface area (Å²) in [5.74, 6) is -0.268. The third-order valence-corrected chi connectivity index (χ3v) is 7.34. The highest BCUT2D eigenvalue weighted by Crippen LogP contribution is 2.31. The van der Waals surface area contributed by atoms with Crippen LogP contribution in [-0.2, 0) is 21.2 Å². The molecule has 2 heterocycles. The van der Waals surface area contributed by atoms with Gasteiger partial charge in [0.1, 0.15) is 5.54 Å². The van der Waals surface area contributed by atoms with E-state index in [-0.39, 0.29) is 48.7 Å². The third kappa shape index (κ3) is 4.83. The number of urea groups is 1. The summed E-state index contributed by atoms with van der Waals surface area (Å²) in [7, 11) is -3.15. The molecule has 1 aromatic rings. The lowest BCUT2D eigenvalue weighted by Crippen LogP contribution is -2.52. The molecule has 30 heavy (non-hydrogen) atoms. The Morgan fingerprint density at radius 3 is 2.30 bits per heavy atom. The van der Waals surface area contributed by atoms with Crippen LogP contribution in [0.2, 0.25) is 0 Å². The standard InChI is InChI=1S/C21H29N3O5S/c1-14(2)12-15(3)22-18(25)17-6-4-16(5-7-17)13-24-19(26)21(23-20(24)27)8-10-30(28,29)11-9-21/h4-7,14-15H,8-13H2,1-3H3,(H,22,25)(H,23,27). The summed E-state index contributed by atoms with van der Waals surface area (Å²) < 4.78 is 23.4. The van der Waals surface area contributed by atoms with Gasteiger partial charge < -0.3 is 10.6 Å². The first-order valence-electron chi connectivity index (χ1n) is 10.3. The molecule has 2 N–H and O–H groups in total. The van der Waals surface area contributed by atoms with E-state index in [1.54, 1.807) is 24.3 Å². The second-order valence-corrected chi connectivity index (χ2v) is 11.1. The molecule has 2 fully saturated rings. The van der Waals surface area contributed by atoms with Crippen LogP contribution in [-0.4, -0.2) is 54.2 Å². The molecular weight excluding hydrogens is 406 g/mol. The fourth-order valence-corrected chi connectivity index (χ4v) is 5.59. The zero-order valence-corrected chi connectivity index (χ0v) is 18.4. The molecule has 0 aliphatic carbocycles. The molecule has 1 spiro atoms. The van der Waals surface area contributed by atoms with Crippen molar-refractivity contribution in [2.75, 3.05) is 11.5 Å². The Kier molecular flexibility index (Phi) is 6.21. The van der Waals surface area contributed by atoms with E-state index in [0.29, 0.717) is 17.0 Å². The van der Waals surface area contributed by atoms with Gasteiger partial charge in [-0.3, -0.25) is 14.5 Å². The van der Waals surface area contributed by atoms with Gasteiger partial charge in [0.05, 0.1) is 18.1 Å². The molecule has 0 radical (unpaired) electrons. The number of carbonyl (C=O) groups is 3. The molecule has 9 heteroatoms. The van der Waals surface area contributed by atoms with Crippen LogP contribution in [0, 0.1) is 5.92 Å². The van der Waals surface area contributed by atoms with Crippen molar-refractivity contribution in [3.63, 3.8) is 0 Å². The van der Waals surface area contributed by atoms with Gasteiger partial charge in [0, 0.05) is 11.6 Å². The SMILES string of the molecule is CC(C)CC(C)NC(=O)c1ccc(CN2C(=O)NC3(CCS(=O)(=O)CC3)C2=O)cc1. The number of benzene rings is 1. The van der Waals surface area contributed by atoms with Crippen molar-refractivity contribution >= 4 is 27.7 Å². The van der Waals surface area contributed by atoms with E-state index in [1.807, 2.05) is 6.92 Å². The molecule has 0 saturated carbocycles. The van der Waals surface area contributed by atoms with E-state index < -0.39 is 21.4 Å². The maximum atomic E-state index is 12.9. The first-order chi connectivity index (χ1) is 14.0. The molecule has 0 bridgehead atoms. The third-order valence-electron chi connectivity index (χ3n) is 5.68. The first kappa shape index (κ1) is 22.3. The van der Waals surface area contributed by atoms with Crippen molar-refractivity contribution < 1.29 is 22.8 Å². The number of amides is 4. The van der Waals surface area contributed by atoms with Crippen LogP contribution < -0.4 is 10.6 Å². The van der Waals surface area contributed by atoms with Gasteiger partial charge in [0.15, 0.2) is 9.84 Å². The van der Waals surface area contributed by atoms with Crippen molar-refractivity contribution in [3.05, 3.63) is 35.4 Å². The molecule has 4 amide bonds. The summed E-state index contributed by atoms with van der Waals surface area (Å²) >= 11 is 0. The van der Waals surface area contributed by atoms with Crippen molar-refractivity contribution in [1.29, 1.82) is 0 Å². The predicted molar refractivity (Wildman–Crippen MR) is 113 cm³/mol. The van der Waals surface area contributed by atoms with Gasteiger partial charge >= 0.3 is 6.03 Å². The first-order valence-corrected chi connectivity index (χ1v) is 12.1. The van der Waals surface area contributed by atoms with Crippen molar-refractivity contribution in [1.82, 2.24) is 15.5 Å². The van der Waals surface area contributed by atoms with E-state index >= 15 is 0 Å². The van der Waals surface area contributed by atoms with Crippen molar-refractivity contribution in [2.45, 2.75) is 58.2 Å². The van der Waals surface area contributed by atoms with Crippen LogP contribution in [0.25, 0.3) is 0 Å².